The molecular formula is C14H12F3N7. The maximum Gasteiger partial charge on any atom is 0.433 e. The third-order valence-corrected chi connectivity index (χ3v) is 4.04. The van der Waals surface area contributed by atoms with Crippen molar-refractivity contribution in [3.63, 3.8) is 0 Å². The smallest absolute Gasteiger partial charge is 0.356 e. The van der Waals surface area contributed by atoms with Crippen molar-refractivity contribution in [1.82, 2.24) is 29.5 Å². The number of aromatic nitrogens is 6. The van der Waals surface area contributed by atoms with Crippen LogP contribution >= 0.6 is 0 Å². The Morgan fingerprint density at radius 3 is 2.79 bits per heavy atom. The Morgan fingerprint density at radius 2 is 2.04 bits per heavy atom. The molecule has 3 aromatic heterocycles. The highest BCUT2D eigenvalue weighted by molar-refractivity contribution is 5.49. The van der Waals surface area contributed by atoms with Gasteiger partial charge in [0.2, 0.25) is 0 Å². The predicted molar refractivity (Wildman–Crippen MR) is 77.4 cm³/mol. The highest BCUT2D eigenvalue weighted by atomic mass is 19.4. The van der Waals surface area contributed by atoms with Gasteiger partial charge in [-0.3, -0.25) is 9.97 Å². The minimum absolute atomic E-state index is 0.0669. The van der Waals surface area contributed by atoms with Crippen molar-refractivity contribution in [3.05, 3.63) is 42.4 Å². The lowest BCUT2D eigenvalue weighted by atomic mass is 10.1. The monoisotopic (exact) mass is 335 g/mol. The van der Waals surface area contributed by atoms with Gasteiger partial charge >= 0.3 is 6.18 Å². The van der Waals surface area contributed by atoms with Gasteiger partial charge in [-0.05, 0) is 6.42 Å². The van der Waals surface area contributed by atoms with E-state index in [1.165, 1.54) is 10.8 Å². The van der Waals surface area contributed by atoms with E-state index in [9.17, 15) is 13.2 Å². The number of nitrogens with zero attached hydrogens (tertiary/aromatic N) is 7. The molecule has 0 aliphatic carbocycles. The number of fused-ring (bicyclic) bond motifs is 1. The topological polar surface area (TPSA) is 72.1 Å². The molecule has 1 atom stereocenters. The van der Waals surface area contributed by atoms with Gasteiger partial charge in [0, 0.05) is 43.7 Å². The maximum atomic E-state index is 13.1. The van der Waals surface area contributed by atoms with Gasteiger partial charge in [-0.1, -0.05) is 0 Å². The standard InChI is InChI=1S/C14H12F3N7/c15-14(16,17)11-5-12(24-13(22-11)20-8-21-24)23-4-1-9(7-23)10-6-18-2-3-19-10/h2-3,5-6,8-9H,1,4,7H2. The molecule has 1 saturated heterocycles. The van der Waals surface area contributed by atoms with Gasteiger partial charge < -0.3 is 4.90 Å². The molecule has 0 bridgehead atoms. The summed E-state index contributed by atoms with van der Waals surface area (Å²) in [6.07, 6.45) is 2.33. The SMILES string of the molecule is FC(F)(F)c1cc(N2CCC(c3cnccn3)C2)n2ncnc2n1. The van der Waals surface area contributed by atoms with E-state index in [2.05, 4.69) is 25.0 Å². The van der Waals surface area contributed by atoms with Gasteiger partial charge in [0.05, 0.1) is 5.69 Å². The Hall–Kier alpha value is -2.78. The van der Waals surface area contributed by atoms with Crippen molar-refractivity contribution in [3.8, 4) is 0 Å². The number of rotatable bonds is 2. The zero-order valence-electron chi connectivity index (χ0n) is 12.3. The van der Waals surface area contributed by atoms with Crippen molar-refractivity contribution in [1.29, 1.82) is 0 Å². The molecule has 3 aromatic rings. The summed E-state index contributed by atoms with van der Waals surface area (Å²) in [5.74, 6) is 0.374. The molecule has 4 heterocycles. The molecular weight excluding hydrogens is 323 g/mol. The molecule has 0 aromatic carbocycles. The maximum absolute atomic E-state index is 13.1. The van der Waals surface area contributed by atoms with Gasteiger partial charge in [-0.25, -0.2) is 4.98 Å². The molecule has 7 nitrogen and oxygen atoms in total. The second-order valence-corrected chi connectivity index (χ2v) is 5.53. The van der Waals surface area contributed by atoms with Crippen LogP contribution in [0.25, 0.3) is 5.78 Å². The second kappa shape index (κ2) is 5.39. The highest BCUT2D eigenvalue weighted by Crippen LogP contribution is 2.33. The Bertz CT molecular complexity index is 862. The molecule has 0 amide bonds. The van der Waals surface area contributed by atoms with E-state index in [-0.39, 0.29) is 11.7 Å². The largest absolute Gasteiger partial charge is 0.433 e. The van der Waals surface area contributed by atoms with E-state index in [1.807, 2.05) is 4.90 Å². The molecule has 0 N–H and O–H groups in total. The van der Waals surface area contributed by atoms with Crippen LogP contribution in [0.1, 0.15) is 23.7 Å². The fraction of sp³-hybridized carbons (Fsp3) is 0.357. The first-order valence-electron chi connectivity index (χ1n) is 7.31. The third-order valence-electron chi connectivity index (χ3n) is 4.04. The molecule has 24 heavy (non-hydrogen) atoms. The summed E-state index contributed by atoms with van der Waals surface area (Å²) in [4.78, 5) is 17.5. The average molecular weight is 335 g/mol. The zero-order valence-corrected chi connectivity index (χ0v) is 12.3. The van der Waals surface area contributed by atoms with Crippen LogP contribution < -0.4 is 4.90 Å². The van der Waals surface area contributed by atoms with Crippen LogP contribution in [0.4, 0.5) is 19.0 Å². The summed E-state index contributed by atoms with van der Waals surface area (Å²) in [6.45, 7) is 1.13. The summed E-state index contributed by atoms with van der Waals surface area (Å²) < 4.78 is 40.5. The van der Waals surface area contributed by atoms with Crippen molar-refractivity contribution < 1.29 is 13.2 Å². The minimum Gasteiger partial charge on any atom is -0.356 e. The van der Waals surface area contributed by atoms with Gasteiger partial charge in [0.15, 0.2) is 5.69 Å². The van der Waals surface area contributed by atoms with Gasteiger partial charge in [-0.15, -0.1) is 0 Å². The van der Waals surface area contributed by atoms with Crippen LogP contribution in [0, 0.1) is 0 Å². The molecule has 0 saturated carbocycles. The Labute approximate surface area is 134 Å². The van der Waals surface area contributed by atoms with E-state index in [4.69, 9.17) is 0 Å². The van der Waals surface area contributed by atoms with Crippen LogP contribution in [0.15, 0.2) is 31.0 Å². The van der Waals surface area contributed by atoms with E-state index in [1.54, 1.807) is 18.6 Å². The van der Waals surface area contributed by atoms with E-state index in [0.29, 0.717) is 18.9 Å². The minimum atomic E-state index is -4.54. The molecule has 1 unspecified atom stereocenters. The Kier molecular flexibility index (Phi) is 3.32. The molecule has 4 rings (SSSR count). The lowest BCUT2D eigenvalue weighted by molar-refractivity contribution is -0.141. The number of alkyl halides is 3. The van der Waals surface area contributed by atoms with Crippen molar-refractivity contribution >= 4 is 11.6 Å². The van der Waals surface area contributed by atoms with Crippen LogP contribution in [0.2, 0.25) is 0 Å². The molecule has 124 valence electrons. The highest BCUT2D eigenvalue weighted by Gasteiger charge is 2.35. The van der Waals surface area contributed by atoms with E-state index in [0.717, 1.165) is 18.2 Å². The number of anilines is 1. The van der Waals surface area contributed by atoms with E-state index < -0.39 is 11.9 Å². The molecule has 1 fully saturated rings. The molecule has 1 aliphatic heterocycles. The van der Waals surface area contributed by atoms with Crippen LogP contribution in [0.5, 0.6) is 0 Å². The zero-order chi connectivity index (χ0) is 16.7. The number of hydrogen-bond donors (Lipinski definition) is 0. The van der Waals surface area contributed by atoms with Crippen LogP contribution in [0.3, 0.4) is 0 Å². The summed E-state index contributed by atoms with van der Waals surface area (Å²) in [5, 5.41) is 3.99. The van der Waals surface area contributed by atoms with Gasteiger partial charge in [0.1, 0.15) is 12.1 Å². The van der Waals surface area contributed by atoms with E-state index >= 15 is 0 Å². The van der Waals surface area contributed by atoms with Crippen LogP contribution in [-0.4, -0.2) is 42.6 Å². The quantitative estimate of drug-likeness (QED) is 0.712. The van der Waals surface area contributed by atoms with Gasteiger partial charge in [0.25, 0.3) is 5.78 Å². The second-order valence-electron chi connectivity index (χ2n) is 5.53. The Balaban J connectivity index is 1.70. The van der Waals surface area contributed by atoms with Crippen molar-refractivity contribution in [2.75, 3.05) is 18.0 Å². The summed E-state index contributed by atoms with van der Waals surface area (Å²) in [6, 6.07) is 1.01. The summed E-state index contributed by atoms with van der Waals surface area (Å²) in [5.41, 5.74) is -0.138. The lowest BCUT2D eigenvalue weighted by Crippen LogP contribution is -2.24. The third kappa shape index (κ3) is 2.53. The molecule has 0 radical (unpaired) electrons. The van der Waals surface area contributed by atoms with Crippen molar-refractivity contribution in [2.24, 2.45) is 0 Å². The fourth-order valence-corrected chi connectivity index (χ4v) is 2.90. The predicted octanol–water partition coefficient (Wildman–Crippen LogP) is 1.93. The molecule has 10 heteroatoms. The first-order valence-corrected chi connectivity index (χ1v) is 7.31. The normalized spacial score (nSPS) is 18.5. The number of hydrogen-bond acceptors (Lipinski definition) is 6. The number of halogens is 3. The first-order chi connectivity index (χ1) is 11.5. The fourth-order valence-electron chi connectivity index (χ4n) is 2.90. The van der Waals surface area contributed by atoms with Crippen molar-refractivity contribution in [2.45, 2.75) is 18.5 Å². The molecule has 0 spiro atoms. The average Bonchev–Trinajstić information content (AvgIpc) is 3.23. The molecule has 1 aliphatic rings. The Morgan fingerprint density at radius 1 is 1.17 bits per heavy atom. The first kappa shape index (κ1) is 14.8. The summed E-state index contributed by atoms with van der Waals surface area (Å²) >= 11 is 0. The summed E-state index contributed by atoms with van der Waals surface area (Å²) in [7, 11) is 0. The van der Waals surface area contributed by atoms with Crippen LogP contribution in [-0.2, 0) is 6.18 Å². The lowest BCUT2D eigenvalue weighted by Gasteiger charge is -2.20. The van der Waals surface area contributed by atoms with Gasteiger partial charge in [-0.2, -0.15) is 27.8 Å².